The molecule has 12 heteroatoms. The van der Waals surface area contributed by atoms with Gasteiger partial charge in [0, 0.05) is 40.4 Å². The SMILES string of the molecule is Nc1c(Br)cc(C(=O)CCC(=O)N2CCC(N3C(=O)Nc4ccccc4S3(O)O)CC2)cc1Br. The third kappa shape index (κ3) is 4.82. The highest BCUT2D eigenvalue weighted by atomic mass is 79.9. The first-order valence-electron chi connectivity index (χ1n) is 10.6. The minimum atomic E-state index is -3.48. The molecule has 2 aromatic rings. The van der Waals surface area contributed by atoms with E-state index in [1.54, 1.807) is 41.3 Å². The minimum Gasteiger partial charge on any atom is -0.397 e. The maximum Gasteiger partial charge on any atom is 0.340 e. The van der Waals surface area contributed by atoms with E-state index in [-0.39, 0.29) is 29.4 Å². The summed E-state index contributed by atoms with van der Waals surface area (Å²) >= 11 is 6.64. The Bertz CT molecular complexity index is 1130. The number of likely N-dealkylation sites (tertiary alicyclic amines) is 1. The van der Waals surface area contributed by atoms with Gasteiger partial charge in [0.2, 0.25) is 5.91 Å². The van der Waals surface area contributed by atoms with Crippen molar-refractivity contribution in [2.24, 2.45) is 0 Å². The molecule has 0 aromatic heterocycles. The van der Waals surface area contributed by atoms with Crippen molar-refractivity contribution in [3.63, 3.8) is 0 Å². The Labute approximate surface area is 215 Å². The van der Waals surface area contributed by atoms with Gasteiger partial charge in [0.05, 0.1) is 17.4 Å². The van der Waals surface area contributed by atoms with Crippen molar-refractivity contribution in [2.45, 2.75) is 36.6 Å². The molecule has 1 saturated heterocycles. The average Bonchev–Trinajstić information content (AvgIpc) is 2.80. The zero-order valence-corrected chi connectivity index (χ0v) is 22.0. The Balaban J connectivity index is 1.34. The molecule has 4 rings (SSSR count). The highest BCUT2D eigenvalue weighted by Gasteiger charge is 2.42. The predicted molar refractivity (Wildman–Crippen MR) is 138 cm³/mol. The number of carbonyl (C=O) groups is 3. The number of nitrogens with zero attached hydrogens (tertiary/aromatic N) is 2. The largest absolute Gasteiger partial charge is 0.397 e. The van der Waals surface area contributed by atoms with Crippen molar-refractivity contribution in [1.82, 2.24) is 9.21 Å². The number of para-hydroxylation sites is 1. The molecule has 2 aliphatic heterocycles. The molecule has 0 atom stereocenters. The van der Waals surface area contributed by atoms with Crippen LogP contribution < -0.4 is 11.1 Å². The van der Waals surface area contributed by atoms with Gasteiger partial charge in [-0.3, -0.25) is 18.7 Å². The van der Waals surface area contributed by atoms with Gasteiger partial charge in [0.25, 0.3) is 0 Å². The second kappa shape index (κ2) is 9.86. The van der Waals surface area contributed by atoms with E-state index in [1.165, 1.54) is 0 Å². The number of halogens is 2. The molecule has 0 spiro atoms. The number of fused-ring (bicyclic) bond motifs is 1. The number of urea groups is 1. The summed E-state index contributed by atoms with van der Waals surface area (Å²) in [6.07, 6.45) is 0.940. The number of hydrogen-bond donors (Lipinski definition) is 4. The topological polar surface area (TPSA) is 136 Å². The fourth-order valence-corrected chi connectivity index (χ4v) is 7.17. The van der Waals surface area contributed by atoms with Gasteiger partial charge < -0.3 is 16.0 Å². The average molecular weight is 616 g/mol. The second-order valence-electron chi connectivity index (χ2n) is 8.16. The molecule has 0 unspecified atom stereocenters. The number of Topliss-reactive ketones (excluding diaryl/α,β-unsaturated/α-hetero) is 1. The van der Waals surface area contributed by atoms with E-state index in [0.29, 0.717) is 51.8 Å². The van der Waals surface area contributed by atoms with Crippen molar-refractivity contribution < 1.29 is 23.5 Å². The van der Waals surface area contributed by atoms with E-state index in [0.717, 1.165) is 4.31 Å². The Morgan fingerprint density at radius 1 is 1.09 bits per heavy atom. The number of anilines is 2. The number of hydrogen-bond acceptors (Lipinski definition) is 6. The minimum absolute atomic E-state index is 0.0629. The molecular weight excluding hydrogens is 592 g/mol. The summed E-state index contributed by atoms with van der Waals surface area (Å²) in [6, 6.07) is 8.91. The van der Waals surface area contributed by atoms with Crippen LogP contribution in [0, 0.1) is 0 Å². The summed E-state index contributed by atoms with van der Waals surface area (Å²) in [4.78, 5) is 39.9. The van der Waals surface area contributed by atoms with E-state index < -0.39 is 22.8 Å². The molecule has 0 aliphatic carbocycles. The van der Waals surface area contributed by atoms with Crippen molar-refractivity contribution in [3.8, 4) is 0 Å². The van der Waals surface area contributed by atoms with Gasteiger partial charge in [-0.15, -0.1) is 0 Å². The van der Waals surface area contributed by atoms with E-state index in [9.17, 15) is 23.5 Å². The van der Waals surface area contributed by atoms with Gasteiger partial charge in [-0.1, -0.05) is 22.9 Å². The molecule has 34 heavy (non-hydrogen) atoms. The highest BCUT2D eigenvalue weighted by Crippen LogP contribution is 2.58. The summed E-state index contributed by atoms with van der Waals surface area (Å²) < 4.78 is 24.1. The van der Waals surface area contributed by atoms with Gasteiger partial charge in [-0.2, -0.15) is 0 Å². The molecule has 5 N–H and O–H groups in total. The quantitative estimate of drug-likeness (QED) is 0.265. The first-order chi connectivity index (χ1) is 16.1. The lowest BCUT2D eigenvalue weighted by atomic mass is 10.0. The third-order valence-corrected chi connectivity index (χ3v) is 9.28. The fourth-order valence-electron chi connectivity index (χ4n) is 4.19. The van der Waals surface area contributed by atoms with Crippen LogP contribution >= 0.6 is 42.6 Å². The van der Waals surface area contributed by atoms with Crippen LogP contribution in [0.15, 0.2) is 50.2 Å². The maximum absolute atomic E-state index is 12.7. The molecule has 0 saturated carbocycles. The van der Waals surface area contributed by atoms with E-state index in [4.69, 9.17) is 5.73 Å². The molecule has 0 radical (unpaired) electrons. The highest BCUT2D eigenvalue weighted by molar-refractivity contribution is 9.11. The first kappa shape index (κ1) is 25.0. The number of carbonyl (C=O) groups excluding carboxylic acids is 3. The maximum atomic E-state index is 12.7. The monoisotopic (exact) mass is 614 g/mol. The van der Waals surface area contributed by atoms with E-state index in [2.05, 4.69) is 37.2 Å². The summed E-state index contributed by atoms with van der Waals surface area (Å²) in [5.74, 6) is -0.317. The smallest absolute Gasteiger partial charge is 0.340 e. The van der Waals surface area contributed by atoms with E-state index >= 15 is 0 Å². The normalized spacial score (nSPS) is 18.8. The summed E-state index contributed by atoms with van der Waals surface area (Å²) in [5, 5.41) is 2.71. The number of rotatable bonds is 5. The van der Waals surface area contributed by atoms with Crippen LogP contribution in [0.4, 0.5) is 16.2 Å². The summed E-state index contributed by atoms with van der Waals surface area (Å²) in [7, 11) is -3.48. The predicted octanol–water partition coefficient (Wildman–Crippen LogP) is 5.32. The Kier molecular flexibility index (Phi) is 7.25. The fraction of sp³-hybridized carbons (Fsp3) is 0.318. The molecule has 9 nitrogen and oxygen atoms in total. The van der Waals surface area contributed by atoms with Gasteiger partial charge in [0.15, 0.2) is 5.78 Å². The van der Waals surface area contributed by atoms with Crippen molar-refractivity contribution in [3.05, 3.63) is 50.9 Å². The van der Waals surface area contributed by atoms with Crippen LogP contribution in [0.25, 0.3) is 0 Å². The zero-order chi connectivity index (χ0) is 24.6. The van der Waals surface area contributed by atoms with Crippen LogP contribution in [0.5, 0.6) is 0 Å². The Morgan fingerprint density at radius 3 is 2.35 bits per heavy atom. The Morgan fingerprint density at radius 2 is 1.71 bits per heavy atom. The lowest BCUT2D eigenvalue weighted by molar-refractivity contribution is -0.132. The van der Waals surface area contributed by atoms with Crippen molar-refractivity contribution in [1.29, 1.82) is 0 Å². The van der Waals surface area contributed by atoms with Gasteiger partial charge in [-0.05, 0) is 69.0 Å². The van der Waals surface area contributed by atoms with Crippen LogP contribution in [-0.2, 0) is 4.79 Å². The van der Waals surface area contributed by atoms with Crippen LogP contribution in [0.3, 0.4) is 0 Å². The van der Waals surface area contributed by atoms with Crippen LogP contribution in [0.1, 0.15) is 36.0 Å². The first-order valence-corrected chi connectivity index (χ1v) is 13.7. The lowest BCUT2D eigenvalue weighted by Crippen LogP contribution is -2.52. The second-order valence-corrected chi connectivity index (χ2v) is 11.7. The molecular formula is C22H24Br2N4O5S. The summed E-state index contributed by atoms with van der Waals surface area (Å²) in [6.45, 7) is 0.717. The number of benzene rings is 2. The van der Waals surface area contributed by atoms with E-state index in [1.807, 2.05) is 0 Å². The standard InChI is InChI=1S/C22H24Br2N4O5S/c23-15-11-13(12-16(24)21(15)25)18(29)5-6-20(30)27-9-7-14(8-10-27)28-22(31)26-17-3-1-2-4-19(17)34(28,32)33/h1-4,11-12,14,32-33H,5-10,25H2,(H,26,31). The molecule has 0 bridgehead atoms. The Hall–Kier alpha value is -2.12. The molecule has 2 heterocycles. The molecule has 1 fully saturated rings. The summed E-state index contributed by atoms with van der Waals surface area (Å²) in [5.41, 5.74) is 7.21. The van der Waals surface area contributed by atoms with Crippen LogP contribution in [-0.4, -0.2) is 55.2 Å². The third-order valence-electron chi connectivity index (χ3n) is 6.01. The zero-order valence-electron chi connectivity index (χ0n) is 18.0. The number of ketones is 1. The number of amides is 3. The van der Waals surface area contributed by atoms with Crippen molar-refractivity contribution >= 4 is 71.7 Å². The van der Waals surface area contributed by atoms with Gasteiger partial charge in [0.1, 0.15) is 4.90 Å². The lowest BCUT2D eigenvalue weighted by Gasteiger charge is -2.51. The molecule has 2 aromatic carbocycles. The van der Waals surface area contributed by atoms with Crippen LogP contribution in [0.2, 0.25) is 0 Å². The molecule has 182 valence electrons. The number of nitrogen functional groups attached to an aromatic ring is 1. The number of nitrogens with one attached hydrogen (secondary N) is 1. The van der Waals surface area contributed by atoms with Gasteiger partial charge in [-0.25, -0.2) is 9.10 Å². The molecule has 2 aliphatic rings. The molecule has 3 amide bonds. The number of nitrogens with two attached hydrogens (primary N) is 1. The number of piperidine rings is 1. The van der Waals surface area contributed by atoms with Gasteiger partial charge >= 0.3 is 6.03 Å². The van der Waals surface area contributed by atoms with Crippen molar-refractivity contribution in [2.75, 3.05) is 24.1 Å².